The highest BCUT2D eigenvalue weighted by molar-refractivity contribution is 6.01. The van der Waals surface area contributed by atoms with Crippen LogP contribution < -0.4 is 0 Å². The fourth-order valence-electron chi connectivity index (χ4n) is 5.75. The molecule has 3 aliphatic heterocycles. The molecule has 3 rings (SSSR count). The summed E-state index contributed by atoms with van der Waals surface area (Å²) < 4.78 is 11.3. The second kappa shape index (κ2) is 17.1. The van der Waals surface area contributed by atoms with E-state index in [0.29, 0.717) is 63.2 Å². The molecule has 15 nitrogen and oxygen atoms in total. The first-order valence-corrected chi connectivity index (χ1v) is 15.2. The number of amides is 2. The summed E-state index contributed by atoms with van der Waals surface area (Å²) in [6.45, 7) is 2.98. The highest BCUT2D eigenvalue weighted by Crippen LogP contribution is 2.26. The normalized spacial score (nSPS) is 35.1. The van der Waals surface area contributed by atoms with Gasteiger partial charge in [-0.15, -0.1) is 5.06 Å². The highest BCUT2D eigenvalue weighted by Gasteiger charge is 2.43. The molecule has 0 saturated carbocycles. The summed E-state index contributed by atoms with van der Waals surface area (Å²) in [6.07, 6.45) is -6.81. The van der Waals surface area contributed by atoms with Crippen LogP contribution in [0.5, 0.6) is 0 Å². The molecule has 0 aromatic heterocycles. The molecule has 3 aliphatic rings. The predicted octanol–water partition coefficient (Wildman–Crippen LogP) is -2.27. The summed E-state index contributed by atoms with van der Waals surface area (Å²) in [6, 6.07) is 0. The number of nitrogens with zero attached hydrogens (tertiary/aromatic N) is 2. The zero-order chi connectivity index (χ0) is 31.7. The van der Waals surface area contributed by atoms with E-state index in [0.717, 1.165) is 6.42 Å². The number of carbonyl (C=O) groups excluding carboxylic acids is 3. The van der Waals surface area contributed by atoms with Gasteiger partial charge in [0, 0.05) is 19.3 Å². The van der Waals surface area contributed by atoms with Crippen molar-refractivity contribution in [2.45, 2.75) is 132 Å². The number of carbonyl (C=O) groups is 3. The Balaban J connectivity index is 1.45. The molecule has 0 aromatic rings. The first-order chi connectivity index (χ1) is 20.4. The van der Waals surface area contributed by atoms with Gasteiger partial charge in [0.1, 0.15) is 42.7 Å². The zero-order valence-corrected chi connectivity index (χ0v) is 24.6. The van der Waals surface area contributed by atoms with Crippen LogP contribution in [0.4, 0.5) is 0 Å². The van der Waals surface area contributed by atoms with Crippen molar-refractivity contribution >= 4 is 17.8 Å². The van der Waals surface area contributed by atoms with E-state index >= 15 is 0 Å². The van der Waals surface area contributed by atoms with Gasteiger partial charge in [-0.1, -0.05) is 6.42 Å². The number of ether oxygens (including phenoxy) is 2. The Bertz CT molecular complexity index is 892. The van der Waals surface area contributed by atoms with E-state index in [-0.39, 0.29) is 19.3 Å². The van der Waals surface area contributed by atoms with Crippen LogP contribution in [0, 0.1) is 0 Å². The van der Waals surface area contributed by atoms with Gasteiger partial charge in [-0.2, -0.15) is 0 Å². The molecule has 0 aliphatic carbocycles. The lowest BCUT2D eigenvalue weighted by Crippen LogP contribution is -2.58. The van der Waals surface area contributed by atoms with Gasteiger partial charge < -0.3 is 55.0 Å². The summed E-state index contributed by atoms with van der Waals surface area (Å²) in [5.74, 6) is -1.69. The Morgan fingerprint density at radius 3 is 1.84 bits per heavy atom. The molecule has 0 radical (unpaired) electrons. The van der Waals surface area contributed by atoms with Gasteiger partial charge in [-0.05, 0) is 65.1 Å². The van der Waals surface area contributed by atoms with Crippen molar-refractivity contribution in [3.63, 3.8) is 0 Å². The Hall–Kier alpha value is -1.79. The van der Waals surface area contributed by atoms with E-state index in [4.69, 9.17) is 14.3 Å². The number of aliphatic hydroxyl groups is 7. The topological polar surface area (TPSA) is 227 Å². The molecule has 0 spiro atoms. The maximum Gasteiger partial charge on any atom is 0.333 e. The zero-order valence-electron chi connectivity index (χ0n) is 24.6. The quantitative estimate of drug-likeness (QED) is 0.0713. The minimum Gasteiger partial charge on any atom is -0.394 e. The molecule has 0 aromatic carbocycles. The number of aliphatic hydroxyl groups excluding tert-OH is 7. The van der Waals surface area contributed by atoms with Crippen molar-refractivity contribution in [1.29, 1.82) is 0 Å². The van der Waals surface area contributed by atoms with Crippen molar-refractivity contribution in [3.05, 3.63) is 0 Å². The third kappa shape index (κ3) is 9.85. The average Bonchev–Trinajstić information content (AvgIpc) is 3.30. The lowest BCUT2D eigenvalue weighted by Gasteiger charge is -2.40. The standard InChI is InChI=1S/C28H48N2O13/c1-16-23(35)27(39)24(36)17(41-16)7-5-13-29(14-6-8-18-25(37)28(40)26(38)19(15-31)42-18)12-4-2-3-9-22(34)43-30-20(32)10-11-21(30)33/h16-19,23-28,31,35-40H,2-15H2,1H3/t16-,17-,18+,19+,23+,24+,25-,26+,27+,28+/m0/s1. The lowest BCUT2D eigenvalue weighted by molar-refractivity contribution is -0.230. The van der Waals surface area contributed by atoms with Crippen LogP contribution in [0.3, 0.4) is 0 Å². The van der Waals surface area contributed by atoms with E-state index in [9.17, 15) is 50.1 Å². The Morgan fingerprint density at radius 2 is 1.26 bits per heavy atom. The Morgan fingerprint density at radius 1 is 0.744 bits per heavy atom. The molecule has 3 fully saturated rings. The fourth-order valence-corrected chi connectivity index (χ4v) is 5.75. The van der Waals surface area contributed by atoms with Gasteiger partial charge >= 0.3 is 5.97 Å². The third-order valence-electron chi connectivity index (χ3n) is 8.42. The molecule has 7 N–H and O–H groups in total. The third-order valence-corrected chi connectivity index (χ3v) is 8.42. The Kier molecular flexibility index (Phi) is 14.2. The van der Waals surface area contributed by atoms with Gasteiger partial charge in [-0.3, -0.25) is 9.59 Å². The monoisotopic (exact) mass is 620 g/mol. The van der Waals surface area contributed by atoms with Crippen molar-refractivity contribution in [2.24, 2.45) is 0 Å². The molecule has 15 heteroatoms. The van der Waals surface area contributed by atoms with Crippen molar-refractivity contribution in [1.82, 2.24) is 9.96 Å². The van der Waals surface area contributed by atoms with E-state index in [1.54, 1.807) is 6.92 Å². The summed E-state index contributed by atoms with van der Waals surface area (Å²) in [5.41, 5.74) is 0. The fraction of sp³-hybridized carbons (Fsp3) is 0.893. The number of imide groups is 1. The Labute approximate surface area is 250 Å². The SMILES string of the molecule is C[C@@H]1O[C@@H](CCCN(CCCCCC(=O)ON2C(=O)CCC2=O)CCC[C@H]2O[C@H](CO)[C@@H](O)[C@H](O)[C@H]2O)[C@@H](O)[C@H](O)[C@@H]1O. The largest absolute Gasteiger partial charge is 0.394 e. The van der Waals surface area contributed by atoms with E-state index in [1.165, 1.54) is 0 Å². The molecular formula is C28H48N2O13. The maximum atomic E-state index is 12.1. The van der Waals surface area contributed by atoms with Crippen molar-refractivity contribution < 1.29 is 64.4 Å². The van der Waals surface area contributed by atoms with Crippen LogP contribution in [-0.2, 0) is 28.7 Å². The van der Waals surface area contributed by atoms with Crippen molar-refractivity contribution in [2.75, 3.05) is 26.2 Å². The van der Waals surface area contributed by atoms with Gasteiger partial charge in [-0.25, -0.2) is 4.79 Å². The van der Waals surface area contributed by atoms with Gasteiger partial charge in [0.05, 0.1) is 24.9 Å². The van der Waals surface area contributed by atoms with E-state index in [1.807, 2.05) is 0 Å². The van der Waals surface area contributed by atoms with Crippen LogP contribution in [0.25, 0.3) is 0 Å². The predicted molar refractivity (Wildman–Crippen MR) is 147 cm³/mol. The van der Waals surface area contributed by atoms with Crippen LogP contribution in [-0.4, -0.2) is 151 Å². The van der Waals surface area contributed by atoms with E-state index < -0.39 is 85.4 Å². The number of unbranched alkanes of at least 4 members (excludes halogenated alkanes) is 2. The summed E-state index contributed by atoms with van der Waals surface area (Å²) in [7, 11) is 0. The number of hydrogen-bond donors (Lipinski definition) is 7. The van der Waals surface area contributed by atoms with Crippen molar-refractivity contribution in [3.8, 4) is 0 Å². The lowest BCUT2D eigenvalue weighted by atomic mass is 9.92. The van der Waals surface area contributed by atoms with Gasteiger partial charge in [0.25, 0.3) is 11.8 Å². The second-order valence-electron chi connectivity index (χ2n) is 11.7. The smallest absolute Gasteiger partial charge is 0.333 e. The minimum atomic E-state index is -1.43. The number of rotatable bonds is 16. The first-order valence-electron chi connectivity index (χ1n) is 15.2. The molecule has 0 unspecified atom stereocenters. The van der Waals surface area contributed by atoms with Gasteiger partial charge in [0.15, 0.2) is 0 Å². The molecular weight excluding hydrogens is 572 g/mol. The molecule has 2 amide bonds. The van der Waals surface area contributed by atoms with Crippen LogP contribution in [0.1, 0.15) is 71.1 Å². The van der Waals surface area contributed by atoms with Crippen LogP contribution in [0.15, 0.2) is 0 Å². The van der Waals surface area contributed by atoms with E-state index in [2.05, 4.69) is 4.90 Å². The molecule has 43 heavy (non-hydrogen) atoms. The first kappa shape index (κ1) is 35.7. The molecule has 248 valence electrons. The van der Waals surface area contributed by atoms with Crippen LogP contribution in [0.2, 0.25) is 0 Å². The molecule has 10 atom stereocenters. The number of hydroxylamine groups is 2. The average molecular weight is 621 g/mol. The minimum absolute atomic E-state index is 0.0335. The maximum absolute atomic E-state index is 12.1. The van der Waals surface area contributed by atoms with Crippen LogP contribution >= 0.6 is 0 Å². The number of hydrogen-bond acceptors (Lipinski definition) is 14. The van der Waals surface area contributed by atoms with Gasteiger partial charge in [0.2, 0.25) is 0 Å². The summed E-state index contributed by atoms with van der Waals surface area (Å²) in [4.78, 5) is 42.3. The molecule has 3 saturated heterocycles. The summed E-state index contributed by atoms with van der Waals surface area (Å²) >= 11 is 0. The highest BCUT2D eigenvalue weighted by atomic mass is 16.7. The summed E-state index contributed by atoms with van der Waals surface area (Å²) in [5, 5.41) is 70.7. The second-order valence-corrected chi connectivity index (χ2v) is 11.7. The molecule has 3 heterocycles. The molecule has 0 bridgehead atoms.